The fourth-order valence-electron chi connectivity index (χ4n) is 6.28. The minimum atomic E-state index is -0.900. The standard InChI is InChI=1S/C28H32N2O5/c1-16(27(32)33)14-30(2)26(31)18-11-17-13-25(23(17)12-18)29-28(34)35-15-24-21-9-5-3-7-19(21)20-8-4-6-10-22(20)24/h3-10,16-18,23-25H,11-15H2,1-2H3,(H,29,34)(H,32,33). The molecule has 0 spiro atoms. The molecule has 0 radical (unpaired) electrons. The van der Waals surface area contributed by atoms with Gasteiger partial charge >= 0.3 is 12.1 Å². The van der Waals surface area contributed by atoms with E-state index in [1.807, 2.05) is 24.3 Å². The van der Waals surface area contributed by atoms with Crippen LogP contribution in [-0.4, -0.2) is 54.2 Å². The Morgan fingerprint density at radius 1 is 1.03 bits per heavy atom. The van der Waals surface area contributed by atoms with Crippen LogP contribution in [0.15, 0.2) is 48.5 Å². The van der Waals surface area contributed by atoms with E-state index in [0.29, 0.717) is 5.92 Å². The van der Waals surface area contributed by atoms with E-state index in [2.05, 4.69) is 29.6 Å². The van der Waals surface area contributed by atoms with Crippen molar-refractivity contribution in [2.24, 2.45) is 23.7 Å². The number of benzene rings is 2. The molecule has 0 saturated heterocycles. The highest BCUT2D eigenvalue weighted by atomic mass is 16.5. The van der Waals surface area contributed by atoms with Gasteiger partial charge in [-0.1, -0.05) is 55.5 Å². The summed E-state index contributed by atoms with van der Waals surface area (Å²) in [4.78, 5) is 38.1. The van der Waals surface area contributed by atoms with Crippen LogP contribution in [0.1, 0.15) is 43.2 Å². The highest BCUT2D eigenvalue weighted by Gasteiger charge is 2.50. The van der Waals surface area contributed by atoms with Crippen molar-refractivity contribution in [1.82, 2.24) is 10.2 Å². The number of rotatable bonds is 7. The summed E-state index contributed by atoms with van der Waals surface area (Å²) in [5.74, 6) is -0.867. The average molecular weight is 477 g/mol. The Labute approximate surface area is 205 Å². The molecule has 2 aromatic carbocycles. The van der Waals surface area contributed by atoms with Crippen molar-refractivity contribution < 1.29 is 24.2 Å². The predicted octanol–water partition coefficient (Wildman–Crippen LogP) is 4.12. The van der Waals surface area contributed by atoms with E-state index in [1.54, 1.807) is 18.9 Å². The van der Waals surface area contributed by atoms with Crippen molar-refractivity contribution in [3.63, 3.8) is 0 Å². The number of carboxylic acid groups (broad SMARTS) is 1. The van der Waals surface area contributed by atoms with Gasteiger partial charge in [-0.2, -0.15) is 0 Å². The van der Waals surface area contributed by atoms with E-state index in [9.17, 15) is 14.4 Å². The minimum absolute atomic E-state index is 0.00684. The molecule has 2 N–H and O–H groups in total. The van der Waals surface area contributed by atoms with Crippen molar-refractivity contribution in [3.8, 4) is 11.1 Å². The van der Waals surface area contributed by atoms with E-state index in [0.717, 1.165) is 19.3 Å². The summed E-state index contributed by atoms with van der Waals surface area (Å²) >= 11 is 0. The Kier molecular flexibility index (Phi) is 6.26. The first-order valence-corrected chi connectivity index (χ1v) is 12.4. The molecule has 2 aromatic rings. The Hall–Kier alpha value is -3.35. The number of hydrogen-bond donors (Lipinski definition) is 2. The first kappa shape index (κ1) is 23.4. The second-order valence-corrected chi connectivity index (χ2v) is 10.4. The summed E-state index contributed by atoms with van der Waals surface area (Å²) < 4.78 is 5.69. The van der Waals surface area contributed by atoms with Gasteiger partial charge in [0.1, 0.15) is 6.61 Å². The van der Waals surface area contributed by atoms with Crippen LogP contribution in [-0.2, 0) is 14.3 Å². The SMILES string of the molecule is CC(CN(C)C(=O)C1CC2CC(NC(=O)OCC3c4ccccc4-c4ccccc43)C2C1)C(=O)O. The third kappa shape index (κ3) is 4.40. The van der Waals surface area contributed by atoms with Crippen LogP contribution in [0, 0.1) is 23.7 Å². The lowest BCUT2D eigenvalue weighted by Crippen LogP contribution is -2.50. The first-order chi connectivity index (χ1) is 16.8. The van der Waals surface area contributed by atoms with Crippen LogP contribution >= 0.6 is 0 Å². The van der Waals surface area contributed by atoms with Gasteiger partial charge in [0.15, 0.2) is 0 Å². The number of fused-ring (bicyclic) bond motifs is 4. The van der Waals surface area contributed by atoms with Crippen LogP contribution in [0.5, 0.6) is 0 Å². The smallest absolute Gasteiger partial charge is 0.407 e. The second kappa shape index (κ2) is 9.36. The van der Waals surface area contributed by atoms with E-state index >= 15 is 0 Å². The number of aliphatic carboxylic acids is 1. The molecule has 5 rings (SSSR count). The maximum atomic E-state index is 12.8. The lowest BCUT2D eigenvalue weighted by atomic mass is 9.71. The number of carboxylic acids is 1. The summed E-state index contributed by atoms with van der Waals surface area (Å²) in [7, 11) is 1.68. The van der Waals surface area contributed by atoms with Crippen LogP contribution in [0.4, 0.5) is 4.79 Å². The van der Waals surface area contributed by atoms with E-state index < -0.39 is 18.0 Å². The van der Waals surface area contributed by atoms with Gasteiger partial charge in [0.2, 0.25) is 5.91 Å². The molecule has 3 aliphatic carbocycles. The molecule has 0 heterocycles. The average Bonchev–Trinajstić information content (AvgIpc) is 3.35. The van der Waals surface area contributed by atoms with E-state index in [-0.39, 0.29) is 42.9 Å². The van der Waals surface area contributed by atoms with E-state index in [4.69, 9.17) is 9.84 Å². The zero-order valence-corrected chi connectivity index (χ0v) is 20.1. The monoisotopic (exact) mass is 476 g/mol. The fourth-order valence-corrected chi connectivity index (χ4v) is 6.28. The maximum absolute atomic E-state index is 12.8. The summed E-state index contributed by atoms with van der Waals surface area (Å²) in [6.07, 6.45) is 1.98. The molecular weight excluding hydrogens is 444 g/mol. The number of alkyl carbamates (subject to hydrolysis) is 1. The molecule has 7 nitrogen and oxygen atoms in total. The van der Waals surface area contributed by atoms with Crippen LogP contribution < -0.4 is 5.32 Å². The van der Waals surface area contributed by atoms with Gasteiger partial charge in [-0.05, 0) is 53.4 Å². The lowest BCUT2D eigenvalue weighted by molar-refractivity contribution is -0.143. The number of ether oxygens (including phenoxy) is 1. The topological polar surface area (TPSA) is 95.9 Å². The van der Waals surface area contributed by atoms with Crippen LogP contribution in [0.2, 0.25) is 0 Å². The number of nitrogens with one attached hydrogen (secondary N) is 1. The molecule has 3 aliphatic rings. The molecule has 2 saturated carbocycles. The van der Waals surface area contributed by atoms with Gasteiger partial charge in [-0.25, -0.2) is 4.79 Å². The molecule has 2 amide bonds. The molecular formula is C28H32N2O5. The van der Waals surface area contributed by atoms with E-state index in [1.165, 1.54) is 22.3 Å². The molecule has 5 atom stereocenters. The number of hydrogen-bond acceptors (Lipinski definition) is 4. The molecule has 7 heteroatoms. The predicted molar refractivity (Wildman–Crippen MR) is 131 cm³/mol. The summed E-state index contributed by atoms with van der Waals surface area (Å²) in [6, 6.07) is 16.5. The molecule has 184 valence electrons. The molecule has 0 aliphatic heterocycles. The van der Waals surface area contributed by atoms with Crippen molar-refractivity contribution in [2.75, 3.05) is 20.2 Å². The quantitative estimate of drug-likeness (QED) is 0.627. The molecule has 0 aromatic heterocycles. The summed E-state index contributed by atoms with van der Waals surface area (Å²) in [5, 5.41) is 12.1. The Morgan fingerprint density at radius 2 is 1.66 bits per heavy atom. The summed E-state index contributed by atoms with van der Waals surface area (Å²) in [5.41, 5.74) is 4.76. The maximum Gasteiger partial charge on any atom is 0.407 e. The number of amides is 2. The zero-order chi connectivity index (χ0) is 24.7. The molecule has 2 fully saturated rings. The lowest BCUT2D eigenvalue weighted by Gasteiger charge is -2.40. The Balaban J connectivity index is 1.13. The molecule has 0 bridgehead atoms. The van der Waals surface area contributed by atoms with Crippen molar-refractivity contribution in [2.45, 2.75) is 38.1 Å². The van der Waals surface area contributed by atoms with Crippen molar-refractivity contribution >= 4 is 18.0 Å². The normalized spacial score (nSPS) is 25.0. The highest BCUT2D eigenvalue weighted by molar-refractivity contribution is 5.80. The largest absolute Gasteiger partial charge is 0.481 e. The van der Waals surface area contributed by atoms with Gasteiger partial charge in [0.05, 0.1) is 5.92 Å². The van der Waals surface area contributed by atoms with Crippen LogP contribution in [0.3, 0.4) is 0 Å². The van der Waals surface area contributed by atoms with Gasteiger partial charge in [-0.3, -0.25) is 9.59 Å². The van der Waals surface area contributed by atoms with Crippen LogP contribution in [0.25, 0.3) is 11.1 Å². The van der Waals surface area contributed by atoms with Gasteiger partial charge in [-0.15, -0.1) is 0 Å². The van der Waals surface area contributed by atoms with Crippen molar-refractivity contribution in [3.05, 3.63) is 59.7 Å². The third-order valence-electron chi connectivity index (χ3n) is 8.16. The summed E-state index contributed by atoms with van der Waals surface area (Å²) in [6.45, 7) is 2.11. The van der Waals surface area contributed by atoms with Gasteiger partial charge in [0, 0.05) is 31.5 Å². The zero-order valence-electron chi connectivity index (χ0n) is 20.1. The Bertz CT molecular complexity index is 1100. The third-order valence-corrected chi connectivity index (χ3v) is 8.16. The van der Waals surface area contributed by atoms with Gasteiger partial charge in [0.25, 0.3) is 0 Å². The first-order valence-electron chi connectivity index (χ1n) is 12.4. The highest BCUT2D eigenvalue weighted by Crippen LogP contribution is 2.50. The van der Waals surface area contributed by atoms with Crippen molar-refractivity contribution in [1.29, 1.82) is 0 Å². The minimum Gasteiger partial charge on any atom is -0.481 e. The molecule has 5 unspecified atom stereocenters. The van der Waals surface area contributed by atoms with Gasteiger partial charge < -0.3 is 20.1 Å². The second-order valence-electron chi connectivity index (χ2n) is 10.4. The molecule has 35 heavy (non-hydrogen) atoms. The fraction of sp³-hybridized carbons (Fsp3) is 0.464. The number of carbonyl (C=O) groups excluding carboxylic acids is 2. The Morgan fingerprint density at radius 3 is 2.29 bits per heavy atom. The number of carbonyl (C=O) groups is 3. The number of nitrogens with zero attached hydrogens (tertiary/aromatic N) is 1.